The van der Waals surface area contributed by atoms with E-state index in [9.17, 15) is 21.9 Å². The number of ether oxygens (including phenoxy) is 2. The maximum absolute atomic E-state index is 13.3. The van der Waals surface area contributed by atoms with Gasteiger partial charge in [0.1, 0.15) is 11.5 Å². The number of aliphatic hydroxyl groups excluding tert-OH is 1. The van der Waals surface area contributed by atoms with Crippen LogP contribution in [0.1, 0.15) is 18.4 Å². The van der Waals surface area contributed by atoms with Crippen LogP contribution >= 0.6 is 0 Å². The third-order valence-electron chi connectivity index (χ3n) is 6.01. The van der Waals surface area contributed by atoms with Crippen LogP contribution in [-0.4, -0.2) is 69.6 Å². The first kappa shape index (κ1) is 23.1. The van der Waals surface area contributed by atoms with E-state index in [0.717, 1.165) is 0 Å². The molecular weight excluding hydrogens is 456 g/mol. The molecule has 2 heterocycles. The Balaban J connectivity index is 1.53. The number of benzene rings is 2. The van der Waals surface area contributed by atoms with E-state index in [-0.39, 0.29) is 55.5 Å². The van der Waals surface area contributed by atoms with Crippen LogP contribution in [0, 0.1) is 0 Å². The van der Waals surface area contributed by atoms with Crippen molar-refractivity contribution in [2.75, 3.05) is 33.4 Å². The molecule has 0 saturated carbocycles. The van der Waals surface area contributed by atoms with Gasteiger partial charge in [0, 0.05) is 32.5 Å². The lowest BCUT2D eigenvalue weighted by molar-refractivity contribution is -0.0806. The molecule has 1 spiro atoms. The van der Waals surface area contributed by atoms with Crippen LogP contribution in [0.2, 0.25) is 0 Å². The highest BCUT2D eigenvalue weighted by Crippen LogP contribution is 2.39. The third kappa shape index (κ3) is 4.04. The number of aliphatic hydroxyl groups is 1. The first-order chi connectivity index (χ1) is 15.2. The zero-order valence-electron chi connectivity index (χ0n) is 17.7. The topological polar surface area (TPSA) is 113 Å². The lowest BCUT2D eigenvalue weighted by Crippen LogP contribution is -2.55. The summed E-state index contributed by atoms with van der Waals surface area (Å²) < 4.78 is 66.4. The molecule has 9 nitrogen and oxygen atoms in total. The molecule has 2 aromatic rings. The summed E-state index contributed by atoms with van der Waals surface area (Å²) in [6, 6.07) is 12.3. The minimum atomic E-state index is -3.84. The Morgan fingerprint density at radius 2 is 1.47 bits per heavy atom. The molecule has 2 aromatic carbocycles. The third-order valence-corrected chi connectivity index (χ3v) is 9.89. The largest absolute Gasteiger partial charge is 0.497 e. The first-order valence-corrected chi connectivity index (χ1v) is 13.1. The number of piperidine rings is 1. The highest BCUT2D eigenvalue weighted by atomic mass is 32.2. The molecule has 0 amide bonds. The van der Waals surface area contributed by atoms with Crippen molar-refractivity contribution in [2.45, 2.75) is 35.0 Å². The molecule has 0 unspecified atom stereocenters. The Kier molecular flexibility index (Phi) is 6.31. The highest BCUT2D eigenvalue weighted by Gasteiger charge is 2.51. The van der Waals surface area contributed by atoms with Gasteiger partial charge in [-0.3, -0.25) is 0 Å². The maximum atomic E-state index is 13.3. The van der Waals surface area contributed by atoms with Gasteiger partial charge in [-0.25, -0.2) is 16.8 Å². The van der Waals surface area contributed by atoms with Crippen molar-refractivity contribution in [3.8, 4) is 5.75 Å². The fraction of sp³-hybridized carbons (Fsp3) is 0.429. The molecule has 0 bridgehead atoms. The van der Waals surface area contributed by atoms with E-state index in [1.165, 1.54) is 40.0 Å². The number of hydrogen-bond acceptors (Lipinski definition) is 7. The van der Waals surface area contributed by atoms with Gasteiger partial charge in [-0.05, 0) is 42.0 Å². The van der Waals surface area contributed by atoms with Crippen LogP contribution in [0.4, 0.5) is 0 Å². The Bertz CT molecular complexity index is 1160. The molecule has 2 aliphatic heterocycles. The van der Waals surface area contributed by atoms with Gasteiger partial charge >= 0.3 is 0 Å². The van der Waals surface area contributed by atoms with Crippen molar-refractivity contribution in [1.82, 2.24) is 8.61 Å². The van der Waals surface area contributed by atoms with E-state index >= 15 is 0 Å². The van der Waals surface area contributed by atoms with E-state index < -0.39 is 25.8 Å². The molecule has 1 N–H and O–H groups in total. The summed E-state index contributed by atoms with van der Waals surface area (Å²) in [5.41, 5.74) is -0.450. The van der Waals surface area contributed by atoms with Gasteiger partial charge in [0.15, 0.2) is 0 Å². The zero-order valence-corrected chi connectivity index (χ0v) is 19.3. The molecule has 2 saturated heterocycles. The van der Waals surface area contributed by atoms with Crippen LogP contribution in [-0.2, 0) is 31.4 Å². The minimum Gasteiger partial charge on any atom is -0.497 e. The fourth-order valence-corrected chi connectivity index (χ4v) is 7.36. The zero-order chi connectivity index (χ0) is 23.0. The predicted molar refractivity (Wildman–Crippen MR) is 116 cm³/mol. The Morgan fingerprint density at radius 3 is 2.03 bits per heavy atom. The summed E-state index contributed by atoms with van der Waals surface area (Å²) in [6.45, 7) is 0.567. The number of rotatable bonds is 6. The van der Waals surface area contributed by atoms with Crippen LogP contribution in [0.15, 0.2) is 58.3 Å². The van der Waals surface area contributed by atoms with Crippen LogP contribution in [0.5, 0.6) is 5.75 Å². The van der Waals surface area contributed by atoms with Crippen molar-refractivity contribution >= 4 is 20.0 Å². The molecule has 2 aliphatic rings. The second-order valence-corrected chi connectivity index (χ2v) is 11.6. The summed E-state index contributed by atoms with van der Waals surface area (Å²) in [6.07, 6.45) is 0.465. The van der Waals surface area contributed by atoms with Crippen LogP contribution in [0.3, 0.4) is 0 Å². The molecular formula is C21H26N2O7S2. The molecule has 2 fully saturated rings. The average molecular weight is 483 g/mol. The van der Waals surface area contributed by atoms with Crippen molar-refractivity contribution in [2.24, 2.45) is 0 Å². The average Bonchev–Trinajstić information content (AvgIpc) is 3.23. The number of nitrogens with zero attached hydrogens (tertiary/aromatic N) is 2. The van der Waals surface area contributed by atoms with E-state index in [0.29, 0.717) is 11.3 Å². The summed E-state index contributed by atoms with van der Waals surface area (Å²) in [4.78, 5) is 0.280. The van der Waals surface area contributed by atoms with Crippen molar-refractivity contribution in [3.63, 3.8) is 0 Å². The standard InChI is InChI=1S/C21H26N2O7S2/c1-29-18-4-8-19(9-5-18)31(25,26)22-12-10-21(11-13-22)23(14-15-30-21)32(27,28)20-6-2-17(16-24)3-7-20/h2-9,24H,10-16H2,1H3. The van der Waals surface area contributed by atoms with Gasteiger partial charge in [-0.1, -0.05) is 12.1 Å². The molecule has 0 aliphatic carbocycles. The van der Waals surface area contributed by atoms with Crippen molar-refractivity contribution < 1.29 is 31.4 Å². The van der Waals surface area contributed by atoms with Gasteiger partial charge in [0.25, 0.3) is 0 Å². The molecule has 0 radical (unpaired) electrons. The van der Waals surface area contributed by atoms with Crippen molar-refractivity contribution in [1.29, 1.82) is 0 Å². The fourth-order valence-electron chi connectivity index (χ4n) is 4.19. The lowest BCUT2D eigenvalue weighted by atomic mass is 10.0. The summed E-state index contributed by atoms with van der Waals surface area (Å²) in [7, 11) is -6.05. The van der Waals surface area contributed by atoms with Gasteiger partial charge < -0.3 is 14.6 Å². The van der Waals surface area contributed by atoms with Gasteiger partial charge in [0.05, 0.1) is 30.1 Å². The molecule has 11 heteroatoms. The molecule has 0 aromatic heterocycles. The lowest BCUT2D eigenvalue weighted by Gasteiger charge is -2.42. The SMILES string of the molecule is COc1ccc(S(=O)(=O)N2CCC3(CC2)OCCN3S(=O)(=O)c2ccc(CO)cc2)cc1. The van der Waals surface area contributed by atoms with Gasteiger partial charge in [-0.2, -0.15) is 8.61 Å². The Hall–Kier alpha value is -2.02. The monoisotopic (exact) mass is 482 g/mol. The molecule has 4 rings (SSSR count). The van der Waals surface area contributed by atoms with E-state index in [1.54, 1.807) is 24.3 Å². The van der Waals surface area contributed by atoms with E-state index in [4.69, 9.17) is 9.47 Å². The van der Waals surface area contributed by atoms with Crippen molar-refractivity contribution in [3.05, 3.63) is 54.1 Å². The van der Waals surface area contributed by atoms with Crippen LogP contribution in [0.25, 0.3) is 0 Å². The quantitative estimate of drug-likeness (QED) is 0.662. The van der Waals surface area contributed by atoms with E-state index in [2.05, 4.69) is 0 Å². The summed E-state index contributed by atoms with van der Waals surface area (Å²) >= 11 is 0. The first-order valence-electron chi connectivity index (χ1n) is 10.2. The normalized spacial score (nSPS) is 19.9. The highest BCUT2D eigenvalue weighted by molar-refractivity contribution is 7.89. The Labute approximate surface area is 188 Å². The maximum Gasteiger partial charge on any atom is 0.245 e. The number of sulfonamides is 2. The number of hydrogen-bond donors (Lipinski definition) is 1. The van der Waals surface area contributed by atoms with Crippen LogP contribution < -0.4 is 4.74 Å². The molecule has 174 valence electrons. The second-order valence-electron chi connectivity index (χ2n) is 7.75. The minimum absolute atomic E-state index is 0.118. The summed E-state index contributed by atoms with van der Waals surface area (Å²) in [5, 5.41) is 9.20. The van der Waals surface area contributed by atoms with Gasteiger partial charge in [0.2, 0.25) is 20.0 Å². The smallest absolute Gasteiger partial charge is 0.245 e. The van der Waals surface area contributed by atoms with E-state index in [1.807, 2.05) is 0 Å². The van der Waals surface area contributed by atoms with Gasteiger partial charge in [-0.15, -0.1) is 0 Å². The molecule has 0 atom stereocenters. The summed E-state index contributed by atoms with van der Waals surface area (Å²) in [5.74, 6) is 0.564. The number of methoxy groups -OCH3 is 1. The second kappa shape index (κ2) is 8.73. The molecule has 32 heavy (non-hydrogen) atoms. The Morgan fingerprint density at radius 1 is 0.906 bits per heavy atom. The predicted octanol–water partition coefficient (Wildman–Crippen LogP) is 1.39.